The Morgan fingerprint density at radius 2 is 1.84 bits per heavy atom. The summed E-state index contributed by atoms with van der Waals surface area (Å²) < 4.78 is 12.3. The number of carbonyl (C=O) groups excluding carboxylic acids is 1. The van der Waals surface area contributed by atoms with Crippen molar-refractivity contribution in [1.82, 2.24) is 9.80 Å². The lowest BCUT2D eigenvalue weighted by Gasteiger charge is -2.38. The highest BCUT2D eigenvalue weighted by atomic mass is 32.1. The van der Waals surface area contributed by atoms with Gasteiger partial charge in [-0.1, -0.05) is 63.2 Å². The molecule has 1 amide bonds. The summed E-state index contributed by atoms with van der Waals surface area (Å²) in [7, 11) is -0.0712. The Morgan fingerprint density at radius 3 is 2.46 bits per heavy atom. The van der Waals surface area contributed by atoms with Crippen LogP contribution in [0.15, 0.2) is 54.6 Å². The van der Waals surface area contributed by atoms with Gasteiger partial charge in [-0.05, 0) is 47.8 Å². The molecule has 0 aromatic heterocycles. The Morgan fingerprint density at radius 1 is 1.16 bits per heavy atom. The highest BCUT2D eigenvalue weighted by Gasteiger charge is 2.41. The van der Waals surface area contributed by atoms with Crippen LogP contribution in [-0.4, -0.2) is 57.0 Å². The van der Waals surface area contributed by atoms with Crippen LogP contribution < -0.4 is 0 Å². The second-order valence-electron chi connectivity index (χ2n) is 11.0. The highest BCUT2D eigenvalue weighted by Crippen LogP contribution is 2.38. The summed E-state index contributed by atoms with van der Waals surface area (Å²) in [5.74, 6) is 0. The molecule has 2 aromatic rings. The molecule has 2 aromatic carbocycles. The van der Waals surface area contributed by atoms with Gasteiger partial charge in [-0.3, -0.25) is 4.90 Å². The Labute approximate surface area is 238 Å². The number of hydrogen-bond donors (Lipinski definition) is 0. The normalized spacial score (nSPS) is 16.6. The largest absolute Gasteiger partial charge is 0.445 e. The first-order chi connectivity index (χ1) is 16.5. The molecular formula is C28H43N3O3S2Si. The lowest BCUT2D eigenvalue weighted by Crippen LogP contribution is -2.45. The van der Waals surface area contributed by atoms with Crippen LogP contribution in [-0.2, 0) is 15.8 Å². The SMILES string of the molecule is CN(C(=O)OCc1ccccc1)[C@H](CN1CC[C@H](O[Si](C)(C)C(C)(C)C)C1)c1cccc(C#N)c1.S.S. The zero-order valence-electron chi connectivity index (χ0n) is 23.0. The Hall–Kier alpha value is -1.96. The predicted octanol–water partition coefficient (Wildman–Crippen LogP) is 6.19. The average Bonchev–Trinajstić information content (AvgIpc) is 3.26. The summed E-state index contributed by atoms with van der Waals surface area (Å²) in [6, 6.07) is 19.2. The molecule has 3 rings (SSSR count). The molecular weight excluding hydrogens is 519 g/mol. The number of ether oxygens (including phenoxy) is 1. The van der Waals surface area contributed by atoms with Crippen molar-refractivity contribution in [3.8, 4) is 6.07 Å². The quantitative estimate of drug-likeness (QED) is 0.360. The van der Waals surface area contributed by atoms with Crippen molar-refractivity contribution >= 4 is 41.4 Å². The fourth-order valence-electron chi connectivity index (χ4n) is 4.11. The monoisotopic (exact) mass is 561 g/mol. The molecule has 0 bridgehead atoms. The van der Waals surface area contributed by atoms with E-state index in [1.54, 1.807) is 18.0 Å². The van der Waals surface area contributed by atoms with Gasteiger partial charge in [0, 0.05) is 26.7 Å². The number of amides is 1. The first kappa shape index (κ1) is 33.1. The van der Waals surface area contributed by atoms with E-state index in [-0.39, 0.29) is 56.9 Å². The van der Waals surface area contributed by atoms with Crippen molar-refractivity contribution < 1.29 is 14.0 Å². The molecule has 1 saturated heterocycles. The van der Waals surface area contributed by atoms with Gasteiger partial charge in [-0.25, -0.2) is 4.79 Å². The Balaban J connectivity index is 0.00000342. The molecule has 0 radical (unpaired) electrons. The number of nitrogens with zero attached hydrogens (tertiary/aromatic N) is 3. The second-order valence-corrected chi connectivity index (χ2v) is 15.7. The van der Waals surface area contributed by atoms with Crippen LogP contribution in [0.4, 0.5) is 4.79 Å². The maximum Gasteiger partial charge on any atom is 0.410 e. The summed E-state index contributed by atoms with van der Waals surface area (Å²) in [5.41, 5.74) is 2.46. The molecule has 0 N–H and O–H groups in total. The van der Waals surface area contributed by atoms with Gasteiger partial charge in [0.25, 0.3) is 0 Å². The maximum absolute atomic E-state index is 13.0. The molecule has 6 nitrogen and oxygen atoms in total. The number of likely N-dealkylation sites (N-methyl/N-ethyl adjacent to an activating group) is 1. The van der Waals surface area contributed by atoms with Crippen LogP contribution in [0.2, 0.25) is 18.1 Å². The van der Waals surface area contributed by atoms with Gasteiger partial charge in [-0.2, -0.15) is 32.3 Å². The average molecular weight is 562 g/mol. The van der Waals surface area contributed by atoms with Gasteiger partial charge in [0.05, 0.1) is 23.8 Å². The van der Waals surface area contributed by atoms with Gasteiger partial charge in [0.2, 0.25) is 0 Å². The van der Waals surface area contributed by atoms with E-state index in [2.05, 4.69) is 44.8 Å². The molecule has 1 aliphatic rings. The summed E-state index contributed by atoms with van der Waals surface area (Å²) >= 11 is 0. The van der Waals surface area contributed by atoms with Crippen LogP contribution in [0.25, 0.3) is 0 Å². The summed E-state index contributed by atoms with van der Waals surface area (Å²) in [5, 5.41) is 9.59. The fourth-order valence-corrected chi connectivity index (χ4v) is 5.49. The Kier molecular flexibility index (Phi) is 12.7. The van der Waals surface area contributed by atoms with E-state index in [1.165, 1.54) is 0 Å². The van der Waals surface area contributed by atoms with Crippen molar-refractivity contribution in [2.45, 2.75) is 64.1 Å². The zero-order chi connectivity index (χ0) is 25.6. The van der Waals surface area contributed by atoms with Crippen molar-refractivity contribution in [3.63, 3.8) is 0 Å². The van der Waals surface area contributed by atoms with E-state index >= 15 is 0 Å². The summed E-state index contributed by atoms with van der Waals surface area (Å²) in [4.78, 5) is 17.0. The lowest BCUT2D eigenvalue weighted by atomic mass is 10.0. The highest BCUT2D eigenvalue weighted by molar-refractivity contribution is 7.59. The summed E-state index contributed by atoms with van der Waals surface area (Å²) in [6.07, 6.45) is 0.811. The fraction of sp³-hybridized carbons (Fsp3) is 0.500. The van der Waals surface area contributed by atoms with Gasteiger partial charge >= 0.3 is 6.09 Å². The van der Waals surface area contributed by atoms with E-state index in [0.29, 0.717) is 12.1 Å². The van der Waals surface area contributed by atoms with E-state index in [4.69, 9.17) is 9.16 Å². The topological polar surface area (TPSA) is 65.8 Å². The van der Waals surface area contributed by atoms with E-state index in [9.17, 15) is 10.1 Å². The predicted molar refractivity (Wildman–Crippen MR) is 162 cm³/mol. The number of nitriles is 1. The van der Waals surface area contributed by atoms with Crippen LogP contribution >= 0.6 is 27.0 Å². The second kappa shape index (κ2) is 14.3. The first-order valence-corrected chi connectivity index (χ1v) is 15.2. The third-order valence-electron chi connectivity index (χ3n) is 7.29. The number of carbonyl (C=O) groups is 1. The van der Waals surface area contributed by atoms with E-state index in [0.717, 1.165) is 30.6 Å². The van der Waals surface area contributed by atoms with Gasteiger partial charge < -0.3 is 14.1 Å². The Bertz CT molecular complexity index is 1040. The van der Waals surface area contributed by atoms with Gasteiger partial charge in [0.15, 0.2) is 8.32 Å². The van der Waals surface area contributed by atoms with Crippen LogP contribution in [0, 0.1) is 11.3 Å². The first-order valence-electron chi connectivity index (χ1n) is 12.3. The molecule has 1 aliphatic heterocycles. The molecule has 2 atom stereocenters. The molecule has 0 saturated carbocycles. The minimum atomic E-state index is -1.85. The molecule has 37 heavy (non-hydrogen) atoms. The van der Waals surface area contributed by atoms with Crippen LogP contribution in [0.1, 0.15) is 49.9 Å². The van der Waals surface area contributed by atoms with Crippen molar-refractivity contribution in [1.29, 1.82) is 5.26 Å². The molecule has 1 heterocycles. The molecule has 0 unspecified atom stereocenters. The number of hydrogen-bond acceptors (Lipinski definition) is 5. The maximum atomic E-state index is 13.0. The minimum absolute atomic E-state index is 0. The van der Waals surface area contributed by atoms with Crippen molar-refractivity contribution in [2.75, 3.05) is 26.7 Å². The van der Waals surface area contributed by atoms with E-state index < -0.39 is 8.32 Å². The molecule has 1 fully saturated rings. The standard InChI is InChI=1S/C28H39N3O3Si.2H2S/c1-28(2,3)35(5,6)34-25-15-16-31(19-25)20-26(24-14-10-13-23(17-24)18-29)30(4)27(32)33-21-22-11-8-7-9-12-22;;/h7-14,17,25-26H,15-16,19-21H2,1-6H3;2*1H2/t25-,26+;;/m0../s1. The lowest BCUT2D eigenvalue weighted by molar-refractivity contribution is 0.0819. The number of benzene rings is 2. The third kappa shape index (κ3) is 9.08. The molecule has 0 spiro atoms. The van der Waals surface area contributed by atoms with Gasteiger partial charge in [0.1, 0.15) is 6.61 Å². The number of rotatable bonds is 8. The molecule has 9 heteroatoms. The van der Waals surface area contributed by atoms with E-state index in [1.807, 2.05) is 48.5 Å². The third-order valence-corrected chi connectivity index (χ3v) is 11.8. The van der Waals surface area contributed by atoms with Crippen LogP contribution in [0.5, 0.6) is 0 Å². The van der Waals surface area contributed by atoms with Crippen LogP contribution in [0.3, 0.4) is 0 Å². The zero-order valence-corrected chi connectivity index (χ0v) is 26.0. The molecule has 204 valence electrons. The smallest absolute Gasteiger partial charge is 0.410 e. The minimum Gasteiger partial charge on any atom is -0.445 e. The number of likely N-dealkylation sites (tertiary alicyclic amines) is 1. The van der Waals surface area contributed by atoms with Gasteiger partial charge in [-0.15, -0.1) is 0 Å². The van der Waals surface area contributed by atoms with Crippen molar-refractivity contribution in [3.05, 3.63) is 71.3 Å². The van der Waals surface area contributed by atoms with Crippen molar-refractivity contribution in [2.24, 2.45) is 0 Å². The molecule has 0 aliphatic carbocycles. The summed E-state index contributed by atoms with van der Waals surface area (Å²) in [6.45, 7) is 14.0.